The van der Waals surface area contributed by atoms with E-state index in [0.717, 1.165) is 16.7 Å². The normalized spacial score (nSPS) is 11.4. The van der Waals surface area contributed by atoms with Crippen molar-refractivity contribution in [3.05, 3.63) is 125 Å². The van der Waals surface area contributed by atoms with Gasteiger partial charge in [0.1, 0.15) is 4.90 Å². The molecule has 0 aliphatic rings. The lowest BCUT2D eigenvalue weighted by atomic mass is 9.99. The summed E-state index contributed by atoms with van der Waals surface area (Å²) in [4.78, 5) is 4.11. The summed E-state index contributed by atoms with van der Waals surface area (Å²) in [5.74, 6) is 0.201. The Balaban J connectivity index is 1.45. The van der Waals surface area contributed by atoms with Crippen molar-refractivity contribution in [3.8, 4) is 0 Å². The average molecular weight is 582 g/mol. The van der Waals surface area contributed by atoms with Gasteiger partial charge in [0, 0.05) is 19.3 Å². The number of pyridine rings is 1. The molecule has 1 heterocycles. The second kappa shape index (κ2) is 13.5. The van der Waals surface area contributed by atoms with Gasteiger partial charge in [-0.25, -0.2) is 13.4 Å². The van der Waals surface area contributed by atoms with Crippen LogP contribution in [0, 0.1) is 0 Å². The third-order valence-corrected chi connectivity index (χ3v) is 8.16. The van der Waals surface area contributed by atoms with E-state index in [1.165, 1.54) is 16.6 Å². The van der Waals surface area contributed by atoms with E-state index in [1.807, 2.05) is 91.0 Å². The summed E-state index contributed by atoms with van der Waals surface area (Å²) in [6, 6.07) is 30.0. The second-order valence-electron chi connectivity index (χ2n) is 8.53. The Kier molecular flexibility index (Phi) is 9.85. The maximum atomic E-state index is 13.3. The van der Waals surface area contributed by atoms with Crippen molar-refractivity contribution in [2.75, 3.05) is 18.6 Å². The van der Waals surface area contributed by atoms with Gasteiger partial charge < -0.3 is 10.4 Å². The lowest BCUT2D eigenvalue weighted by Gasteiger charge is -2.23. The van der Waals surface area contributed by atoms with Crippen LogP contribution in [-0.2, 0) is 16.6 Å². The summed E-state index contributed by atoms with van der Waals surface area (Å²) >= 11 is 11.9. The van der Waals surface area contributed by atoms with Crippen molar-refractivity contribution >= 4 is 44.8 Å². The monoisotopic (exact) mass is 581 g/mol. The fourth-order valence-corrected chi connectivity index (χ4v) is 5.76. The quantitative estimate of drug-likeness (QED) is 0.152. The second-order valence-corrected chi connectivity index (χ2v) is 11.3. The van der Waals surface area contributed by atoms with Crippen molar-refractivity contribution in [1.82, 2.24) is 20.0 Å². The van der Waals surface area contributed by atoms with Gasteiger partial charge in [-0.3, -0.25) is 10.9 Å². The SMILES string of the molecule is O=S(=O)(c1cnc(NNC(=S)NC(c2ccccc2)c2ccccc2)c(Cl)c1)N(CCO)Cc1ccccc1. The van der Waals surface area contributed by atoms with E-state index in [9.17, 15) is 13.5 Å². The fourth-order valence-electron chi connectivity index (χ4n) is 3.92. The fraction of sp³-hybridized carbons (Fsp3) is 0.143. The number of aliphatic hydroxyl groups is 1. The largest absolute Gasteiger partial charge is 0.395 e. The van der Waals surface area contributed by atoms with Crippen LogP contribution < -0.4 is 16.2 Å². The Labute approximate surface area is 238 Å². The van der Waals surface area contributed by atoms with Crippen LogP contribution in [0.3, 0.4) is 0 Å². The zero-order valence-corrected chi connectivity index (χ0v) is 23.3. The van der Waals surface area contributed by atoms with Gasteiger partial charge in [0.2, 0.25) is 10.0 Å². The smallest absolute Gasteiger partial charge is 0.245 e. The minimum atomic E-state index is -3.97. The first kappa shape index (κ1) is 28.5. The van der Waals surface area contributed by atoms with Crippen LogP contribution in [0.2, 0.25) is 5.02 Å². The van der Waals surface area contributed by atoms with Crippen LogP contribution in [0.4, 0.5) is 5.82 Å². The molecule has 11 heteroatoms. The summed E-state index contributed by atoms with van der Waals surface area (Å²) in [5.41, 5.74) is 8.57. The molecule has 4 aromatic rings. The topological polar surface area (TPSA) is 107 Å². The summed E-state index contributed by atoms with van der Waals surface area (Å²) in [6.07, 6.45) is 1.22. The Bertz CT molecular complexity index is 1440. The Hall–Kier alpha value is -3.54. The first-order chi connectivity index (χ1) is 18.9. The summed E-state index contributed by atoms with van der Waals surface area (Å²) in [6.45, 7) is -0.290. The van der Waals surface area contributed by atoms with Crippen LogP contribution >= 0.6 is 23.8 Å². The molecule has 3 aromatic carbocycles. The molecule has 0 radical (unpaired) electrons. The van der Waals surface area contributed by atoms with E-state index in [4.69, 9.17) is 23.8 Å². The first-order valence-corrected chi connectivity index (χ1v) is 14.3. The average Bonchev–Trinajstić information content (AvgIpc) is 2.96. The van der Waals surface area contributed by atoms with Crippen molar-refractivity contribution in [1.29, 1.82) is 0 Å². The lowest BCUT2D eigenvalue weighted by Crippen LogP contribution is -2.41. The zero-order valence-electron chi connectivity index (χ0n) is 20.9. The maximum Gasteiger partial charge on any atom is 0.245 e. The predicted octanol–water partition coefficient (Wildman–Crippen LogP) is 4.50. The van der Waals surface area contributed by atoms with E-state index < -0.39 is 10.0 Å². The molecule has 0 aliphatic heterocycles. The van der Waals surface area contributed by atoms with Gasteiger partial charge in [-0.2, -0.15) is 4.31 Å². The van der Waals surface area contributed by atoms with Gasteiger partial charge in [-0.1, -0.05) is 103 Å². The Morgan fingerprint density at radius 2 is 1.51 bits per heavy atom. The number of thiocarbonyl (C=S) groups is 1. The highest BCUT2D eigenvalue weighted by Gasteiger charge is 2.26. The lowest BCUT2D eigenvalue weighted by molar-refractivity contribution is 0.251. The molecule has 4 rings (SSSR count). The van der Waals surface area contributed by atoms with Crippen LogP contribution in [0.25, 0.3) is 0 Å². The number of aromatic nitrogens is 1. The molecule has 202 valence electrons. The number of benzene rings is 3. The van der Waals surface area contributed by atoms with Gasteiger partial charge in [-0.15, -0.1) is 0 Å². The van der Waals surface area contributed by atoms with E-state index in [2.05, 4.69) is 21.2 Å². The maximum absolute atomic E-state index is 13.3. The molecule has 4 N–H and O–H groups in total. The number of hydrogen-bond acceptors (Lipinski definition) is 6. The molecule has 0 bridgehead atoms. The number of hydrogen-bond donors (Lipinski definition) is 4. The molecule has 0 amide bonds. The molecular weight excluding hydrogens is 554 g/mol. The first-order valence-electron chi connectivity index (χ1n) is 12.1. The Morgan fingerprint density at radius 1 is 0.949 bits per heavy atom. The molecule has 0 saturated carbocycles. The predicted molar refractivity (Wildman–Crippen MR) is 158 cm³/mol. The molecule has 0 atom stereocenters. The van der Waals surface area contributed by atoms with Crippen LogP contribution in [0.15, 0.2) is 108 Å². The zero-order chi connectivity index (χ0) is 27.7. The van der Waals surface area contributed by atoms with Gasteiger partial charge in [0.15, 0.2) is 10.9 Å². The number of halogens is 1. The number of nitrogens with one attached hydrogen (secondary N) is 3. The van der Waals surface area contributed by atoms with Crippen LogP contribution in [0.1, 0.15) is 22.7 Å². The molecule has 0 aliphatic carbocycles. The third kappa shape index (κ3) is 7.53. The molecular formula is C28H28ClN5O3S2. The van der Waals surface area contributed by atoms with Gasteiger partial charge in [-0.05, 0) is 35.0 Å². The molecule has 0 fully saturated rings. The van der Waals surface area contributed by atoms with E-state index in [0.29, 0.717) is 5.11 Å². The Morgan fingerprint density at radius 3 is 2.05 bits per heavy atom. The van der Waals surface area contributed by atoms with E-state index >= 15 is 0 Å². The molecule has 8 nitrogen and oxygen atoms in total. The molecule has 0 spiro atoms. The summed E-state index contributed by atoms with van der Waals surface area (Å²) in [7, 11) is -3.97. The molecule has 39 heavy (non-hydrogen) atoms. The van der Waals surface area contributed by atoms with Gasteiger partial charge in [0.05, 0.1) is 17.7 Å². The number of hydrazine groups is 1. The minimum Gasteiger partial charge on any atom is -0.395 e. The van der Waals surface area contributed by atoms with Gasteiger partial charge in [0.25, 0.3) is 0 Å². The number of rotatable bonds is 11. The standard InChI is InChI=1S/C28H28ClN5O3S2/c29-25-18-24(39(36,37)34(16-17-35)20-21-10-4-1-5-11-21)19-30-27(25)32-33-28(38)31-26(22-12-6-2-7-13-22)23-14-8-3-9-15-23/h1-15,18-19,26,35H,16-17,20H2,(H,30,32)(H2,31,33,38). The van der Waals surface area contributed by atoms with Gasteiger partial charge >= 0.3 is 0 Å². The summed E-state index contributed by atoms with van der Waals surface area (Å²) < 4.78 is 27.8. The van der Waals surface area contributed by atoms with E-state index in [1.54, 1.807) is 0 Å². The number of aliphatic hydroxyl groups excluding tert-OH is 1. The highest BCUT2D eigenvalue weighted by molar-refractivity contribution is 7.89. The van der Waals surface area contributed by atoms with E-state index in [-0.39, 0.29) is 41.5 Å². The third-order valence-electron chi connectivity index (χ3n) is 5.84. The van der Waals surface area contributed by atoms with Crippen molar-refractivity contribution in [2.45, 2.75) is 17.5 Å². The molecule has 0 saturated heterocycles. The van der Waals surface area contributed by atoms with Crippen molar-refractivity contribution in [2.24, 2.45) is 0 Å². The number of anilines is 1. The van der Waals surface area contributed by atoms with Crippen molar-refractivity contribution < 1.29 is 13.5 Å². The number of sulfonamides is 1. The highest BCUT2D eigenvalue weighted by atomic mass is 35.5. The molecule has 1 aromatic heterocycles. The summed E-state index contributed by atoms with van der Waals surface area (Å²) in [5, 5.41) is 13.1. The number of nitrogens with zero attached hydrogens (tertiary/aromatic N) is 2. The van der Waals surface area contributed by atoms with Crippen LogP contribution in [-0.4, -0.2) is 41.1 Å². The minimum absolute atomic E-state index is 0.0691. The van der Waals surface area contributed by atoms with Crippen molar-refractivity contribution in [3.63, 3.8) is 0 Å². The van der Waals surface area contributed by atoms with Crippen LogP contribution in [0.5, 0.6) is 0 Å². The highest BCUT2D eigenvalue weighted by Crippen LogP contribution is 2.25. The molecule has 0 unspecified atom stereocenters.